The number of nitrogens with one attached hydrogen (secondary N) is 2. The van der Waals surface area contributed by atoms with Gasteiger partial charge in [0.2, 0.25) is 5.91 Å². The van der Waals surface area contributed by atoms with Gasteiger partial charge in [-0.3, -0.25) is 4.79 Å². The number of carbonyl (C=O) groups excluding carboxylic acids is 1. The van der Waals surface area contributed by atoms with Crippen LogP contribution in [0.4, 0.5) is 0 Å². The number of amides is 1. The van der Waals surface area contributed by atoms with E-state index in [1.54, 1.807) is 7.11 Å². The first-order valence-corrected chi connectivity index (χ1v) is 13.7. The van der Waals surface area contributed by atoms with Crippen LogP contribution in [0, 0.1) is 0 Å². The fraction of sp³-hybridized carbons (Fsp3) is 0.219. The maximum Gasteiger partial charge on any atom is 0.235 e. The van der Waals surface area contributed by atoms with Crippen LogP contribution in [0.5, 0.6) is 5.75 Å². The number of aromatic amines is 2. The smallest absolute Gasteiger partial charge is 0.235 e. The van der Waals surface area contributed by atoms with E-state index >= 15 is 0 Å². The number of methoxy groups -OCH3 is 1. The zero-order valence-corrected chi connectivity index (χ0v) is 22.9. The molecule has 0 saturated carbocycles. The standard InChI is InChI=1S/C32H33N7O2/c1-41-23-13-10-20(11-14-23)19-39-29(15-12-21-17-35-27-8-4-2-6-24(21)27)37-38-32(39)26(30(33)31(34)40)16-22-18-36-28-9-5-3-7-25(22)28/h2-11,13-14,17-18,26,30,35-36H,12,15-16,19,33H2,1H3,(H2,34,40)/t26-,30?/m1/s1. The molecule has 0 bridgehead atoms. The van der Waals surface area contributed by atoms with Crippen molar-refractivity contribution in [2.45, 2.75) is 37.8 Å². The van der Waals surface area contributed by atoms with Gasteiger partial charge in [0.1, 0.15) is 17.4 Å². The molecular formula is C32H33N7O2. The molecule has 3 heterocycles. The first kappa shape index (κ1) is 26.3. The second kappa shape index (κ2) is 11.3. The lowest BCUT2D eigenvalue weighted by molar-refractivity contribution is -0.119. The van der Waals surface area contributed by atoms with Crippen LogP contribution in [0.3, 0.4) is 0 Å². The highest BCUT2D eigenvalue weighted by Crippen LogP contribution is 2.29. The van der Waals surface area contributed by atoms with E-state index < -0.39 is 17.9 Å². The van der Waals surface area contributed by atoms with Crippen molar-refractivity contribution >= 4 is 27.7 Å². The molecule has 6 rings (SSSR count). The average Bonchev–Trinajstić information content (AvgIpc) is 3.72. The van der Waals surface area contributed by atoms with E-state index in [-0.39, 0.29) is 0 Å². The summed E-state index contributed by atoms with van der Waals surface area (Å²) in [5, 5.41) is 11.6. The Kier molecular flexibility index (Phi) is 7.26. The number of nitrogens with zero attached hydrogens (tertiary/aromatic N) is 3. The zero-order valence-electron chi connectivity index (χ0n) is 22.9. The van der Waals surface area contributed by atoms with Crippen LogP contribution in [0.2, 0.25) is 0 Å². The number of hydrogen-bond donors (Lipinski definition) is 4. The average molecular weight is 548 g/mol. The molecule has 3 aromatic heterocycles. The minimum Gasteiger partial charge on any atom is -0.497 e. The van der Waals surface area contributed by atoms with E-state index in [2.05, 4.69) is 49.1 Å². The van der Waals surface area contributed by atoms with E-state index in [9.17, 15) is 4.79 Å². The second-order valence-corrected chi connectivity index (χ2v) is 10.4. The van der Waals surface area contributed by atoms with E-state index in [1.807, 2.05) is 60.8 Å². The number of H-pyrrole nitrogens is 2. The number of carbonyl (C=O) groups is 1. The number of benzene rings is 3. The van der Waals surface area contributed by atoms with Crippen LogP contribution in [-0.4, -0.2) is 43.8 Å². The summed E-state index contributed by atoms with van der Waals surface area (Å²) in [6, 6.07) is 23.3. The highest BCUT2D eigenvalue weighted by atomic mass is 16.5. The summed E-state index contributed by atoms with van der Waals surface area (Å²) in [6.07, 6.45) is 5.94. The maximum atomic E-state index is 12.5. The summed E-state index contributed by atoms with van der Waals surface area (Å²) in [7, 11) is 1.65. The predicted octanol–water partition coefficient (Wildman–Crippen LogP) is 4.22. The summed E-state index contributed by atoms with van der Waals surface area (Å²) in [5.41, 5.74) is 17.7. The van der Waals surface area contributed by atoms with Gasteiger partial charge in [0.05, 0.1) is 19.7 Å². The third-order valence-corrected chi connectivity index (χ3v) is 7.86. The lowest BCUT2D eigenvalue weighted by Crippen LogP contribution is -2.43. The molecule has 0 spiro atoms. The van der Waals surface area contributed by atoms with Crippen LogP contribution >= 0.6 is 0 Å². The highest BCUT2D eigenvalue weighted by molar-refractivity contribution is 5.84. The highest BCUT2D eigenvalue weighted by Gasteiger charge is 2.31. The van der Waals surface area contributed by atoms with Crippen LogP contribution in [0.25, 0.3) is 21.8 Å². The molecule has 6 aromatic rings. The minimum absolute atomic E-state index is 0.473. The van der Waals surface area contributed by atoms with Gasteiger partial charge >= 0.3 is 0 Å². The monoisotopic (exact) mass is 547 g/mol. The molecule has 0 fully saturated rings. The Morgan fingerprint density at radius 1 is 0.878 bits per heavy atom. The molecule has 41 heavy (non-hydrogen) atoms. The number of ether oxygens (including phenoxy) is 1. The molecule has 2 atom stereocenters. The Labute approximate surface area is 237 Å². The van der Waals surface area contributed by atoms with Gasteiger partial charge in [-0.15, -0.1) is 10.2 Å². The molecule has 0 aliphatic heterocycles. The molecule has 9 heteroatoms. The molecule has 6 N–H and O–H groups in total. The van der Waals surface area contributed by atoms with Crippen molar-refractivity contribution in [1.82, 2.24) is 24.7 Å². The van der Waals surface area contributed by atoms with Gasteiger partial charge in [-0.2, -0.15) is 0 Å². The third-order valence-electron chi connectivity index (χ3n) is 7.86. The number of para-hydroxylation sites is 2. The van der Waals surface area contributed by atoms with E-state index in [1.165, 1.54) is 10.9 Å². The maximum absolute atomic E-state index is 12.5. The van der Waals surface area contributed by atoms with Crippen molar-refractivity contribution in [3.05, 3.63) is 114 Å². The van der Waals surface area contributed by atoms with E-state index in [0.29, 0.717) is 25.2 Å². The summed E-state index contributed by atoms with van der Waals surface area (Å²) in [4.78, 5) is 19.1. The van der Waals surface area contributed by atoms with Crippen molar-refractivity contribution in [3.8, 4) is 5.75 Å². The van der Waals surface area contributed by atoms with Gasteiger partial charge < -0.3 is 30.7 Å². The van der Waals surface area contributed by atoms with Gasteiger partial charge in [-0.25, -0.2) is 0 Å². The fourth-order valence-electron chi connectivity index (χ4n) is 5.59. The Morgan fingerprint density at radius 2 is 1.51 bits per heavy atom. The molecular weight excluding hydrogens is 514 g/mol. The number of fused-ring (bicyclic) bond motifs is 2. The zero-order chi connectivity index (χ0) is 28.3. The number of nitrogens with two attached hydrogens (primary N) is 2. The SMILES string of the molecule is COc1ccc(Cn2c(CCc3c[nH]c4ccccc34)nnc2[C@H](Cc2c[nH]c3ccccc23)C(N)C(N)=O)cc1. The van der Waals surface area contributed by atoms with Gasteiger partial charge in [0.15, 0.2) is 0 Å². The van der Waals surface area contributed by atoms with Crippen molar-refractivity contribution in [1.29, 1.82) is 0 Å². The first-order valence-electron chi connectivity index (χ1n) is 13.7. The molecule has 1 amide bonds. The first-order chi connectivity index (χ1) is 20.0. The Bertz CT molecular complexity index is 1800. The van der Waals surface area contributed by atoms with Crippen molar-refractivity contribution in [2.24, 2.45) is 11.5 Å². The summed E-state index contributed by atoms with van der Waals surface area (Å²) in [5.74, 6) is 1.20. The second-order valence-electron chi connectivity index (χ2n) is 10.4. The summed E-state index contributed by atoms with van der Waals surface area (Å²) in [6.45, 7) is 0.519. The van der Waals surface area contributed by atoms with Gasteiger partial charge in [-0.1, -0.05) is 48.5 Å². The molecule has 0 aliphatic rings. The van der Waals surface area contributed by atoms with Crippen molar-refractivity contribution in [3.63, 3.8) is 0 Å². The quantitative estimate of drug-likeness (QED) is 0.192. The molecule has 9 nitrogen and oxygen atoms in total. The molecule has 0 aliphatic carbocycles. The van der Waals surface area contributed by atoms with Crippen LogP contribution < -0.4 is 16.2 Å². The predicted molar refractivity (Wildman–Crippen MR) is 160 cm³/mol. The molecule has 0 saturated heterocycles. The lowest BCUT2D eigenvalue weighted by Gasteiger charge is -2.22. The Balaban J connectivity index is 1.38. The Hall–Kier alpha value is -4.89. The minimum atomic E-state index is -0.941. The van der Waals surface area contributed by atoms with Crippen molar-refractivity contribution < 1.29 is 9.53 Å². The van der Waals surface area contributed by atoms with Crippen LogP contribution in [0.1, 0.15) is 34.3 Å². The summed E-state index contributed by atoms with van der Waals surface area (Å²) >= 11 is 0. The topological polar surface area (TPSA) is 141 Å². The number of aromatic nitrogens is 5. The Morgan fingerprint density at radius 3 is 2.17 bits per heavy atom. The van der Waals surface area contributed by atoms with Gasteiger partial charge in [0, 0.05) is 46.5 Å². The van der Waals surface area contributed by atoms with Gasteiger partial charge in [-0.05, 0) is 53.8 Å². The normalized spacial score (nSPS) is 13.0. The van der Waals surface area contributed by atoms with E-state index in [0.717, 1.165) is 45.5 Å². The molecule has 3 aromatic carbocycles. The number of rotatable bonds is 11. The molecule has 1 unspecified atom stereocenters. The van der Waals surface area contributed by atoms with Crippen LogP contribution in [0.15, 0.2) is 85.2 Å². The third kappa shape index (κ3) is 5.31. The number of primary amides is 1. The largest absolute Gasteiger partial charge is 0.497 e. The van der Waals surface area contributed by atoms with Crippen LogP contribution in [-0.2, 0) is 30.6 Å². The van der Waals surface area contributed by atoms with Gasteiger partial charge in [0.25, 0.3) is 0 Å². The van der Waals surface area contributed by atoms with E-state index in [4.69, 9.17) is 16.2 Å². The number of hydrogen-bond acceptors (Lipinski definition) is 5. The summed E-state index contributed by atoms with van der Waals surface area (Å²) < 4.78 is 7.45. The lowest BCUT2D eigenvalue weighted by atomic mass is 9.91. The number of aryl methyl sites for hydroxylation is 2. The fourth-order valence-corrected chi connectivity index (χ4v) is 5.59. The molecule has 0 radical (unpaired) electrons. The molecule has 208 valence electrons. The van der Waals surface area contributed by atoms with Crippen molar-refractivity contribution in [2.75, 3.05) is 7.11 Å².